The van der Waals surface area contributed by atoms with Crippen LogP contribution in [0, 0.1) is 0 Å². The number of benzene rings is 2. The zero-order chi connectivity index (χ0) is 20.6. The zero-order valence-electron chi connectivity index (χ0n) is 16.7. The van der Waals surface area contributed by atoms with Crippen LogP contribution in [0.1, 0.15) is 48.1 Å². The van der Waals surface area contributed by atoms with Gasteiger partial charge in [-0.1, -0.05) is 61.0 Å². The second kappa shape index (κ2) is 10.4. The molecule has 6 heteroatoms. The molecule has 0 saturated carbocycles. The Balaban J connectivity index is 1.65. The van der Waals surface area contributed by atoms with Crippen molar-refractivity contribution in [2.45, 2.75) is 38.3 Å². The molecule has 5 nitrogen and oxygen atoms in total. The fraction of sp³-hybridized carbons (Fsp3) is 0.391. The van der Waals surface area contributed by atoms with E-state index >= 15 is 0 Å². The van der Waals surface area contributed by atoms with E-state index in [9.17, 15) is 9.59 Å². The molecule has 0 radical (unpaired) electrons. The second-order valence-corrected chi connectivity index (χ2v) is 7.76. The van der Waals surface area contributed by atoms with Crippen molar-refractivity contribution in [2.24, 2.45) is 0 Å². The molecule has 2 atom stereocenters. The topological polar surface area (TPSA) is 61.4 Å². The van der Waals surface area contributed by atoms with Crippen LogP contribution in [0.5, 0.6) is 0 Å². The molecule has 2 amide bonds. The first-order valence-corrected chi connectivity index (χ1v) is 10.6. The Kier molecular flexibility index (Phi) is 7.67. The summed E-state index contributed by atoms with van der Waals surface area (Å²) in [5, 5.41) is 6.42. The standard InChI is InChI=1S/C23H28ClN3O2/c1-2-27-14-8-11-18(27)16-25-22(28)15-21(17-9-4-3-5-10-17)26-23(29)19-12-6-7-13-20(19)24/h3-7,9-10,12-13,18,21H,2,8,11,14-16H2,1H3,(H,25,28)(H,26,29). The van der Waals surface area contributed by atoms with E-state index in [4.69, 9.17) is 11.6 Å². The van der Waals surface area contributed by atoms with Crippen molar-refractivity contribution in [1.82, 2.24) is 15.5 Å². The molecule has 0 bridgehead atoms. The summed E-state index contributed by atoms with van der Waals surface area (Å²) in [5.74, 6) is -0.355. The van der Waals surface area contributed by atoms with E-state index in [0.717, 1.165) is 25.1 Å². The maximum Gasteiger partial charge on any atom is 0.253 e. The van der Waals surface area contributed by atoms with E-state index in [-0.39, 0.29) is 18.2 Å². The van der Waals surface area contributed by atoms with E-state index in [1.807, 2.05) is 30.3 Å². The van der Waals surface area contributed by atoms with Gasteiger partial charge in [0.05, 0.1) is 23.0 Å². The number of hydrogen-bond acceptors (Lipinski definition) is 3. The number of halogens is 1. The second-order valence-electron chi connectivity index (χ2n) is 7.35. The molecule has 1 saturated heterocycles. The third-order valence-corrected chi connectivity index (χ3v) is 5.78. The Morgan fingerprint density at radius 3 is 2.59 bits per heavy atom. The molecule has 2 aromatic carbocycles. The van der Waals surface area contributed by atoms with Crippen molar-refractivity contribution >= 4 is 23.4 Å². The van der Waals surface area contributed by atoms with Crippen molar-refractivity contribution < 1.29 is 9.59 Å². The predicted octanol–water partition coefficient (Wildman–Crippen LogP) is 3.80. The maximum absolute atomic E-state index is 12.7. The molecule has 0 spiro atoms. The minimum Gasteiger partial charge on any atom is -0.354 e. The lowest BCUT2D eigenvalue weighted by atomic mass is 10.0. The summed E-state index contributed by atoms with van der Waals surface area (Å²) in [6.45, 7) is 4.89. The van der Waals surface area contributed by atoms with E-state index in [1.54, 1.807) is 24.3 Å². The molecular formula is C23H28ClN3O2. The number of amides is 2. The van der Waals surface area contributed by atoms with Crippen LogP contribution in [0.2, 0.25) is 5.02 Å². The third kappa shape index (κ3) is 5.81. The molecule has 1 fully saturated rings. The minimum absolute atomic E-state index is 0.0683. The van der Waals surface area contributed by atoms with Crippen LogP contribution in [-0.2, 0) is 4.79 Å². The normalized spacial score (nSPS) is 17.7. The number of rotatable bonds is 8. The van der Waals surface area contributed by atoms with Crippen molar-refractivity contribution in [3.63, 3.8) is 0 Å². The van der Waals surface area contributed by atoms with Gasteiger partial charge in [0.25, 0.3) is 5.91 Å². The summed E-state index contributed by atoms with van der Waals surface area (Å²) in [5.41, 5.74) is 1.29. The molecule has 154 valence electrons. The first-order valence-electron chi connectivity index (χ1n) is 10.2. The van der Waals surface area contributed by atoms with Gasteiger partial charge in [-0.2, -0.15) is 0 Å². The van der Waals surface area contributed by atoms with Crippen molar-refractivity contribution in [1.29, 1.82) is 0 Å². The molecule has 1 heterocycles. The van der Waals surface area contributed by atoms with E-state index in [1.165, 1.54) is 6.42 Å². The van der Waals surface area contributed by atoms with Gasteiger partial charge in [0.2, 0.25) is 5.91 Å². The Labute approximate surface area is 177 Å². The van der Waals surface area contributed by atoms with Crippen LogP contribution in [0.4, 0.5) is 0 Å². The van der Waals surface area contributed by atoms with Gasteiger partial charge in [0.15, 0.2) is 0 Å². The van der Waals surface area contributed by atoms with E-state index in [0.29, 0.717) is 23.2 Å². The molecule has 2 aromatic rings. The van der Waals surface area contributed by atoms with Crippen LogP contribution >= 0.6 is 11.6 Å². The first-order chi connectivity index (χ1) is 14.1. The summed E-state index contributed by atoms with van der Waals surface area (Å²) < 4.78 is 0. The molecule has 1 aliphatic heterocycles. The number of likely N-dealkylation sites (N-methyl/N-ethyl adjacent to an activating group) is 1. The van der Waals surface area contributed by atoms with Gasteiger partial charge in [0, 0.05) is 12.6 Å². The summed E-state index contributed by atoms with van der Waals surface area (Å²) in [7, 11) is 0. The highest BCUT2D eigenvalue weighted by Crippen LogP contribution is 2.21. The fourth-order valence-electron chi connectivity index (χ4n) is 3.85. The summed E-state index contributed by atoms with van der Waals surface area (Å²) in [6, 6.07) is 16.4. The number of carbonyl (C=O) groups excluding carboxylic acids is 2. The number of nitrogens with zero attached hydrogens (tertiary/aromatic N) is 1. The van der Waals surface area contributed by atoms with Gasteiger partial charge in [0.1, 0.15) is 0 Å². The first kappa shape index (κ1) is 21.3. The summed E-state index contributed by atoms with van der Waals surface area (Å²) >= 11 is 6.16. The van der Waals surface area contributed by atoms with Crippen LogP contribution < -0.4 is 10.6 Å². The zero-order valence-corrected chi connectivity index (χ0v) is 17.5. The average molecular weight is 414 g/mol. The van der Waals surface area contributed by atoms with Gasteiger partial charge in [-0.05, 0) is 43.6 Å². The highest BCUT2D eigenvalue weighted by molar-refractivity contribution is 6.33. The highest BCUT2D eigenvalue weighted by Gasteiger charge is 2.24. The minimum atomic E-state index is -0.425. The lowest BCUT2D eigenvalue weighted by Crippen LogP contribution is -2.41. The van der Waals surface area contributed by atoms with E-state index < -0.39 is 6.04 Å². The lowest BCUT2D eigenvalue weighted by molar-refractivity contribution is -0.121. The molecule has 2 unspecified atom stereocenters. The SMILES string of the molecule is CCN1CCCC1CNC(=O)CC(NC(=O)c1ccccc1Cl)c1ccccc1. The quantitative estimate of drug-likeness (QED) is 0.691. The molecule has 2 N–H and O–H groups in total. The van der Waals surface area contributed by atoms with Crippen LogP contribution in [0.15, 0.2) is 54.6 Å². The monoisotopic (exact) mass is 413 g/mol. The smallest absolute Gasteiger partial charge is 0.253 e. The lowest BCUT2D eigenvalue weighted by Gasteiger charge is -2.24. The van der Waals surface area contributed by atoms with Crippen LogP contribution in [0.25, 0.3) is 0 Å². The van der Waals surface area contributed by atoms with Gasteiger partial charge >= 0.3 is 0 Å². The third-order valence-electron chi connectivity index (χ3n) is 5.46. The van der Waals surface area contributed by atoms with Crippen LogP contribution in [-0.4, -0.2) is 42.4 Å². The Bertz CT molecular complexity index is 828. The predicted molar refractivity (Wildman–Crippen MR) is 116 cm³/mol. The highest BCUT2D eigenvalue weighted by atomic mass is 35.5. The Hall–Kier alpha value is -2.37. The number of carbonyl (C=O) groups is 2. The van der Waals surface area contributed by atoms with Gasteiger partial charge in [-0.15, -0.1) is 0 Å². The number of nitrogens with one attached hydrogen (secondary N) is 2. The molecule has 0 aromatic heterocycles. The Morgan fingerprint density at radius 1 is 1.14 bits per heavy atom. The van der Waals surface area contributed by atoms with Crippen LogP contribution in [0.3, 0.4) is 0 Å². The summed E-state index contributed by atoms with van der Waals surface area (Å²) in [4.78, 5) is 27.8. The average Bonchev–Trinajstić information content (AvgIpc) is 3.20. The van der Waals surface area contributed by atoms with Gasteiger partial charge < -0.3 is 10.6 Å². The number of hydrogen-bond donors (Lipinski definition) is 2. The van der Waals surface area contributed by atoms with E-state index in [2.05, 4.69) is 22.5 Å². The summed E-state index contributed by atoms with van der Waals surface area (Å²) in [6.07, 6.45) is 2.47. The van der Waals surface area contributed by atoms with Crippen molar-refractivity contribution in [2.75, 3.05) is 19.6 Å². The van der Waals surface area contributed by atoms with Crippen molar-refractivity contribution in [3.8, 4) is 0 Å². The maximum atomic E-state index is 12.7. The number of likely N-dealkylation sites (tertiary alicyclic amines) is 1. The molecule has 29 heavy (non-hydrogen) atoms. The molecular weight excluding hydrogens is 386 g/mol. The van der Waals surface area contributed by atoms with Crippen molar-refractivity contribution in [3.05, 3.63) is 70.7 Å². The van der Waals surface area contributed by atoms with Gasteiger partial charge in [-0.25, -0.2) is 0 Å². The Morgan fingerprint density at radius 2 is 1.86 bits per heavy atom. The van der Waals surface area contributed by atoms with Gasteiger partial charge in [-0.3, -0.25) is 14.5 Å². The molecule has 0 aliphatic carbocycles. The molecule has 1 aliphatic rings. The molecule has 3 rings (SSSR count). The fourth-order valence-corrected chi connectivity index (χ4v) is 4.07. The largest absolute Gasteiger partial charge is 0.354 e.